The van der Waals surface area contributed by atoms with Crippen LogP contribution in [0.4, 0.5) is 8.78 Å². The second kappa shape index (κ2) is 5.55. The summed E-state index contributed by atoms with van der Waals surface area (Å²) in [6.07, 6.45) is 1.03. The van der Waals surface area contributed by atoms with Gasteiger partial charge in [0, 0.05) is 24.2 Å². The van der Waals surface area contributed by atoms with Gasteiger partial charge in [-0.3, -0.25) is 4.90 Å². The molecule has 4 heteroatoms. The molecule has 1 aliphatic rings. The largest absolute Gasteiger partial charge is 0.328 e. The normalized spacial score (nSPS) is 23.6. The summed E-state index contributed by atoms with van der Waals surface area (Å²) in [6.45, 7) is 7.26. The molecule has 1 aromatic rings. The Morgan fingerprint density at radius 1 is 1.26 bits per heavy atom. The van der Waals surface area contributed by atoms with Crippen LogP contribution in [0.25, 0.3) is 0 Å². The van der Waals surface area contributed by atoms with Crippen LogP contribution >= 0.6 is 0 Å². The molecule has 1 heterocycles. The SMILES string of the molecule is Cc1cc(F)c(C(C)N2CCC(C(C)N)C2)cc1F. The van der Waals surface area contributed by atoms with Crippen molar-refractivity contribution in [3.8, 4) is 0 Å². The fourth-order valence-corrected chi connectivity index (χ4v) is 2.77. The molecule has 0 amide bonds. The van der Waals surface area contributed by atoms with Crippen LogP contribution in [0.1, 0.15) is 37.4 Å². The number of rotatable bonds is 3. The van der Waals surface area contributed by atoms with Gasteiger partial charge in [-0.1, -0.05) is 0 Å². The highest BCUT2D eigenvalue weighted by Crippen LogP contribution is 2.30. The van der Waals surface area contributed by atoms with Crippen molar-refractivity contribution in [2.24, 2.45) is 11.7 Å². The van der Waals surface area contributed by atoms with E-state index in [0.717, 1.165) is 19.5 Å². The molecule has 1 fully saturated rings. The predicted molar refractivity (Wildman–Crippen MR) is 72.8 cm³/mol. The molecular formula is C15H22F2N2. The lowest BCUT2D eigenvalue weighted by atomic mass is 10.0. The lowest BCUT2D eigenvalue weighted by molar-refractivity contribution is 0.243. The number of hydrogen-bond donors (Lipinski definition) is 1. The summed E-state index contributed by atoms with van der Waals surface area (Å²) >= 11 is 0. The highest BCUT2D eigenvalue weighted by Gasteiger charge is 2.30. The predicted octanol–water partition coefficient (Wildman–Crippen LogP) is 3.00. The lowest BCUT2D eigenvalue weighted by Gasteiger charge is -2.26. The maximum atomic E-state index is 14.0. The second-order valence-corrected chi connectivity index (χ2v) is 5.70. The van der Waals surface area contributed by atoms with Crippen LogP contribution in [0.3, 0.4) is 0 Å². The van der Waals surface area contributed by atoms with Crippen LogP contribution in [0.15, 0.2) is 12.1 Å². The van der Waals surface area contributed by atoms with Crippen molar-refractivity contribution in [2.45, 2.75) is 39.3 Å². The molecule has 19 heavy (non-hydrogen) atoms. The zero-order valence-corrected chi connectivity index (χ0v) is 11.8. The molecule has 1 aromatic carbocycles. The average molecular weight is 268 g/mol. The van der Waals surface area contributed by atoms with E-state index in [1.807, 2.05) is 13.8 Å². The molecule has 2 rings (SSSR count). The van der Waals surface area contributed by atoms with Gasteiger partial charge in [-0.2, -0.15) is 0 Å². The minimum absolute atomic E-state index is 0.112. The van der Waals surface area contributed by atoms with Gasteiger partial charge in [0.1, 0.15) is 11.6 Å². The van der Waals surface area contributed by atoms with E-state index in [2.05, 4.69) is 4.90 Å². The first-order valence-electron chi connectivity index (χ1n) is 6.85. The van der Waals surface area contributed by atoms with Crippen molar-refractivity contribution in [1.29, 1.82) is 0 Å². The number of halogens is 2. The highest BCUT2D eigenvalue weighted by molar-refractivity contribution is 5.27. The van der Waals surface area contributed by atoms with E-state index in [0.29, 0.717) is 17.0 Å². The van der Waals surface area contributed by atoms with Crippen molar-refractivity contribution in [3.63, 3.8) is 0 Å². The third kappa shape index (κ3) is 2.95. The molecule has 2 nitrogen and oxygen atoms in total. The van der Waals surface area contributed by atoms with Gasteiger partial charge in [0.25, 0.3) is 0 Å². The van der Waals surface area contributed by atoms with Crippen LogP contribution in [0.2, 0.25) is 0 Å². The summed E-state index contributed by atoms with van der Waals surface area (Å²) in [4.78, 5) is 2.18. The van der Waals surface area contributed by atoms with E-state index in [4.69, 9.17) is 5.73 Å². The standard InChI is InChI=1S/C15H22F2N2/c1-9-6-15(17)13(7-14(9)16)11(3)19-5-4-12(8-19)10(2)18/h6-7,10-12H,4-5,8,18H2,1-3H3. The van der Waals surface area contributed by atoms with Crippen molar-refractivity contribution < 1.29 is 8.78 Å². The molecule has 1 aliphatic heterocycles. The van der Waals surface area contributed by atoms with Gasteiger partial charge in [0.05, 0.1) is 0 Å². The molecule has 0 spiro atoms. The Bertz CT molecular complexity index is 460. The molecular weight excluding hydrogens is 246 g/mol. The minimum Gasteiger partial charge on any atom is -0.328 e. The first-order valence-corrected chi connectivity index (χ1v) is 6.85. The third-order valence-electron chi connectivity index (χ3n) is 4.28. The Kier molecular flexibility index (Phi) is 4.21. The van der Waals surface area contributed by atoms with Crippen LogP contribution in [-0.2, 0) is 0 Å². The Morgan fingerprint density at radius 2 is 1.95 bits per heavy atom. The van der Waals surface area contributed by atoms with Crippen LogP contribution in [0, 0.1) is 24.5 Å². The number of likely N-dealkylation sites (tertiary alicyclic amines) is 1. The summed E-state index contributed by atoms with van der Waals surface area (Å²) in [7, 11) is 0. The Morgan fingerprint density at radius 3 is 2.53 bits per heavy atom. The van der Waals surface area contributed by atoms with Crippen molar-refractivity contribution in [2.75, 3.05) is 13.1 Å². The summed E-state index contributed by atoms with van der Waals surface area (Å²) in [5, 5.41) is 0. The van der Waals surface area contributed by atoms with E-state index in [1.54, 1.807) is 6.92 Å². The Balaban J connectivity index is 2.17. The maximum absolute atomic E-state index is 14.0. The van der Waals surface area contributed by atoms with E-state index < -0.39 is 0 Å². The van der Waals surface area contributed by atoms with Crippen LogP contribution in [0.5, 0.6) is 0 Å². The molecule has 0 saturated carbocycles. The van der Waals surface area contributed by atoms with Gasteiger partial charge in [0.15, 0.2) is 0 Å². The fraction of sp³-hybridized carbons (Fsp3) is 0.600. The first-order chi connectivity index (χ1) is 8.90. The molecule has 0 bridgehead atoms. The summed E-state index contributed by atoms with van der Waals surface area (Å²) in [5.41, 5.74) is 6.70. The van der Waals surface area contributed by atoms with Crippen LogP contribution < -0.4 is 5.73 Å². The number of hydrogen-bond acceptors (Lipinski definition) is 2. The monoisotopic (exact) mass is 268 g/mol. The van der Waals surface area contributed by atoms with E-state index in [9.17, 15) is 8.78 Å². The quantitative estimate of drug-likeness (QED) is 0.913. The fourth-order valence-electron chi connectivity index (χ4n) is 2.77. The van der Waals surface area contributed by atoms with Gasteiger partial charge in [-0.15, -0.1) is 0 Å². The molecule has 2 N–H and O–H groups in total. The van der Waals surface area contributed by atoms with E-state index in [1.165, 1.54) is 12.1 Å². The van der Waals surface area contributed by atoms with Gasteiger partial charge in [-0.25, -0.2) is 8.78 Å². The first kappa shape index (κ1) is 14.4. The second-order valence-electron chi connectivity index (χ2n) is 5.70. The molecule has 0 aliphatic carbocycles. The Hall–Kier alpha value is -1.00. The summed E-state index contributed by atoms with van der Waals surface area (Å²) in [5.74, 6) is -0.220. The minimum atomic E-state index is -0.341. The summed E-state index contributed by atoms with van der Waals surface area (Å²) in [6, 6.07) is 2.64. The third-order valence-corrected chi connectivity index (χ3v) is 4.28. The van der Waals surface area contributed by atoms with Crippen LogP contribution in [-0.4, -0.2) is 24.0 Å². The topological polar surface area (TPSA) is 29.3 Å². The number of benzene rings is 1. The molecule has 3 atom stereocenters. The van der Waals surface area contributed by atoms with Crippen molar-refractivity contribution in [1.82, 2.24) is 4.90 Å². The van der Waals surface area contributed by atoms with Gasteiger partial charge < -0.3 is 5.73 Å². The molecule has 0 radical (unpaired) electrons. The van der Waals surface area contributed by atoms with E-state index >= 15 is 0 Å². The van der Waals surface area contributed by atoms with Gasteiger partial charge >= 0.3 is 0 Å². The maximum Gasteiger partial charge on any atom is 0.128 e. The summed E-state index contributed by atoms with van der Waals surface area (Å²) < 4.78 is 27.6. The average Bonchev–Trinajstić information content (AvgIpc) is 2.82. The Labute approximate surface area is 113 Å². The smallest absolute Gasteiger partial charge is 0.128 e. The van der Waals surface area contributed by atoms with Gasteiger partial charge in [0.2, 0.25) is 0 Å². The molecule has 106 valence electrons. The highest BCUT2D eigenvalue weighted by atomic mass is 19.1. The van der Waals surface area contributed by atoms with Crippen molar-refractivity contribution in [3.05, 3.63) is 34.9 Å². The zero-order valence-electron chi connectivity index (χ0n) is 11.8. The lowest BCUT2D eigenvalue weighted by Crippen LogP contribution is -2.31. The van der Waals surface area contributed by atoms with Crippen molar-refractivity contribution >= 4 is 0 Å². The zero-order chi connectivity index (χ0) is 14.2. The van der Waals surface area contributed by atoms with Gasteiger partial charge in [-0.05, 0) is 57.4 Å². The van der Waals surface area contributed by atoms with E-state index in [-0.39, 0.29) is 23.7 Å². The number of nitrogens with two attached hydrogens (primary N) is 1. The molecule has 1 saturated heterocycles. The number of aryl methyl sites for hydroxylation is 1. The molecule has 3 unspecified atom stereocenters. The molecule has 0 aromatic heterocycles. The number of nitrogens with zero attached hydrogens (tertiary/aromatic N) is 1.